The molecule has 1 aromatic carbocycles. The molecule has 0 saturated heterocycles. The van der Waals surface area contributed by atoms with E-state index in [0.717, 1.165) is 0 Å². The second kappa shape index (κ2) is 8.68. The Morgan fingerprint density at radius 2 is 1.67 bits per heavy atom. The molecule has 15 heavy (non-hydrogen) atoms. The molecule has 0 radical (unpaired) electrons. The zero-order valence-electron chi connectivity index (χ0n) is 9.36. The fourth-order valence-electron chi connectivity index (χ4n) is 1.54. The molecule has 0 saturated carbocycles. The van der Waals surface area contributed by atoms with Gasteiger partial charge in [0.1, 0.15) is 0 Å². The van der Waals surface area contributed by atoms with E-state index in [9.17, 15) is 0 Å². The lowest BCUT2D eigenvalue weighted by Gasteiger charge is -1.96. The zero-order valence-corrected chi connectivity index (χ0v) is 10.5. The summed E-state index contributed by atoms with van der Waals surface area (Å²) in [6, 6.07) is 10.5. The first-order valence-corrected chi connectivity index (χ1v) is 6.67. The van der Waals surface area contributed by atoms with Crippen LogP contribution in [0.5, 0.6) is 0 Å². The molecule has 0 fully saturated rings. The third kappa shape index (κ3) is 6.47. The number of hydrogen-bond donors (Lipinski definition) is 0. The van der Waals surface area contributed by atoms with Gasteiger partial charge < -0.3 is 0 Å². The summed E-state index contributed by atoms with van der Waals surface area (Å²) < 4.78 is 0. The Bertz CT molecular complexity index is 264. The second-order valence-corrected chi connectivity index (χ2v) is 4.38. The van der Waals surface area contributed by atoms with E-state index in [1.807, 2.05) is 0 Å². The maximum atomic E-state index is 2.79. The van der Waals surface area contributed by atoms with Crippen molar-refractivity contribution in [3.63, 3.8) is 0 Å². The van der Waals surface area contributed by atoms with Crippen molar-refractivity contribution < 1.29 is 0 Å². The first kappa shape index (κ1) is 12.5. The van der Waals surface area contributed by atoms with E-state index in [0.29, 0.717) is 0 Å². The molecule has 0 heterocycles. The minimum absolute atomic E-state index is 1.21. The average Bonchev–Trinajstić information content (AvgIpc) is 2.29. The van der Waals surface area contributed by atoms with Crippen LogP contribution in [0.3, 0.4) is 0 Å². The van der Waals surface area contributed by atoms with E-state index in [2.05, 4.69) is 51.7 Å². The van der Waals surface area contributed by atoms with E-state index in [-0.39, 0.29) is 0 Å². The van der Waals surface area contributed by atoms with Crippen molar-refractivity contribution in [3.05, 3.63) is 42.0 Å². The van der Waals surface area contributed by atoms with Gasteiger partial charge in [-0.3, -0.25) is 0 Å². The molecule has 0 spiro atoms. The van der Waals surface area contributed by atoms with Gasteiger partial charge in [0, 0.05) is 0 Å². The Balaban J connectivity index is 2.07. The fraction of sp³-hybridized carbons (Fsp3) is 0.429. The summed E-state index contributed by atoms with van der Waals surface area (Å²) in [6.45, 7) is 0. The Morgan fingerprint density at radius 3 is 2.40 bits per heavy atom. The third-order valence-electron chi connectivity index (χ3n) is 2.43. The van der Waals surface area contributed by atoms with Crippen LogP contribution in [0.4, 0.5) is 0 Å². The molecule has 0 N–H and O–H groups in total. The lowest BCUT2D eigenvalue weighted by molar-refractivity contribution is 0.679. The maximum Gasteiger partial charge on any atom is -0.0260 e. The maximum absolute atomic E-state index is 2.79. The summed E-state index contributed by atoms with van der Waals surface area (Å²) in [5, 5.41) is 0. The van der Waals surface area contributed by atoms with Crippen LogP contribution >= 0.6 is 9.24 Å². The lowest BCUT2D eigenvalue weighted by atomic mass is 10.1. The van der Waals surface area contributed by atoms with Crippen molar-refractivity contribution in [3.8, 4) is 0 Å². The van der Waals surface area contributed by atoms with Crippen molar-refractivity contribution >= 4 is 15.3 Å². The van der Waals surface area contributed by atoms with Crippen molar-refractivity contribution in [2.75, 3.05) is 6.16 Å². The number of rotatable bonds is 7. The average molecular weight is 220 g/mol. The molecule has 1 aromatic rings. The Labute approximate surface area is 96.0 Å². The van der Waals surface area contributed by atoms with Crippen molar-refractivity contribution in [1.82, 2.24) is 0 Å². The summed E-state index contributed by atoms with van der Waals surface area (Å²) in [5.41, 5.74) is 1.31. The number of benzene rings is 1. The fourth-order valence-corrected chi connectivity index (χ4v) is 1.83. The summed E-state index contributed by atoms with van der Waals surface area (Å²) in [5.74, 6) is 0. The molecule has 0 aliphatic rings. The zero-order chi connectivity index (χ0) is 10.8. The number of allylic oxidation sites excluding steroid dienone is 1. The van der Waals surface area contributed by atoms with Crippen LogP contribution in [-0.4, -0.2) is 6.16 Å². The van der Waals surface area contributed by atoms with Crippen LogP contribution in [0.25, 0.3) is 6.08 Å². The van der Waals surface area contributed by atoms with Crippen LogP contribution in [0.1, 0.15) is 37.7 Å². The number of hydrogen-bond acceptors (Lipinski definition) is 0. The minimum Gasteiger partial charge on any atom is -0.138 e. The first-order valence-electron chi connectivity index (χ1n) is 5.85. The van der Waals surface area contributed by atoms with E-state index in [4.69, 9.17) is 0 Å². The van der Waals surface area contributed by atoms with Crippen LogP contribution in [0.15, 0.2) is 36.4 Å². The molecule has 1 unspecified atom stereocenters. The quantitative estimate of drug-likeness (QED) is 0.468. The van der Waals surface area contributed by atoms with Crippen LogP contribution in [0.2, 0.25) is 0 Å². The monoisotopic (exact) mass is 220 g/mol. The van der Waals surface area contributed by atoms with Gasteiger partial charge >= 0.3 is 0 Å². The summed E-state index contributed by atoms with van der Waals surface area (Å²) in [7, 11) is 2.79. The van der Waals surface area contributed by atoms with Gasteiger partial charge in [-0.1, -0.05) is 55.3 Å². The topological polar surface area (TPSA) is 0 Å². The van der Waals surface area contributed by atoms with Crippen LogP contribution < -0.4 is 0 Å². The molecule has 0 aromatic heterocycles. The molecule has 1 rings (SSSR count). The van der Waals surface area contributed by atoms with Gasteiger partial charge in [0.2, 0.25) is 0 Å². The highest BCUT2D eigenvalue weighted by Crippen LogP contribution is 2.07. The van der Waals surface area contributed by atoms with E-state index < -0.39 is 0 Å². The molecule has 0 aliphatic heterocycles. The Hall–Kier alpha value is -0.610. The smallest absolute Gasteiger partial charge is 0.0260 e. The molecular formula is C14H21P. The van der Waals surface area contributed by atoms with E-state index >= 15 is 0 Å². The van der Waals surface area contributed by atoms with Crippen molar-refractivity contribution in [2.24, 2.45) is 0 Å². The Kier molecular flexibility index (Phi) is 7.21. The molecule has 0 bridgehead atoms. The standard InChI is InChI=1S/C14H21P/c15-13-9-4-2-1-3-6-10-14-11-7-5-8-12-14/h5-8,10-12H,1-4,9,13,15H2. The molecule has 1 heteroatoms. The van der Waals surface area contributed by atoms with Gasteiger partial charge in [0.05, 0.1) is 0 Å². The Morgan fingerprint density at radius 1 is 0.933 bits per heavy atom. The SMILES string of the molecule is PCCCCCCC=Cc1ccccc1. The van der Waals surface area contributed by atoms with Crippen LogP contribution in [-0.2, 0) is 0 Å². The summed E-state index contributed by atoms with van der Waals surface area (Å²) in [6.07, 6.45) is 12.4. The van der Waals surface area contributed by atoms with Gasteiger partial charge in [0.15, 0.2) is 0 Å². The molecule has 0 amide bonds. The van der Waals surface area contributed by atoms with E-state index in [1.54, 1.807) is 0 Å². The molecule has 0 aliphatic carbocycles. The minimum atomic E-state index is 1.21. The van der Waals surface area contributed by atoms with Gasteiger partial charge in [-0.05, 0) is 31.0 Å². The second-order valence-electron chi connectivity index (χ2n) is 3.80. The first-order chi connectivity index (χ1) is 7.43. The van der Waals surface area contributed by atoms with Gasteiger partial charge in [0.25, 0.3) is 0 Å². The van der Waals surface area contributed by atoms with E-state index in [1.165, 1.54) is 43.8 Å². The van der Waals surface area contributed by atoms with Gasteiger partial charge in [-0.15, -0.1) is 9.24 Å². The predicted molar refractivity (Wildman–Crippen MR) is 73.1 cm³/mol. The largest absolute Gasteiger partial charge is 0.138 e. The molecule has 1 atom stereocenters. The highest BCUT2D eigenvalue weighted by Gasteiger charge is 1.87. The number of unbranched alkanes of at least 4 members (excludes halogenated alkanes) is 4. The third-order valence-corrected chi connectivity index (χ3v) is 2.84. The molecule has 82 valence electrons. The summed E-state index contributed by atoms with van der Waals surface area (Å²) >= 11 is 0. The predicted octanol–water partition coefficient (Wildman–Crippen LogP) is 4.53. The molecule has 0 nitrogen and oxygen atoms in total. The lowest BCUT2D eigenvalue weighted by Crippen LogP contribution is -1.77. The van der Waals surface area contributed by atoms with Crippen molar-refractivity contribution in [1.29, 1.82) is 0 Å². The van der Waals surface area contributed by atoms with Crippen LogP contribution in [0, 0.1) is 0 Å². The van der Waals surface area contributed by atoms with Crippen molar-refractivity contribution in [2.45, 2.75) is 32.1 Å². The normalized spacial score (nSPS) is 11.0. The molecular weight excluding hydrogens is 199 g/mol. The highest BCUT2D eigenvalue weighted by molar-refractivity contribution is 7.16. The summed E-state index contributed by atoms with van der Waals surface area (Å²) in [4.78, 5) is 0. The highest BCUT2D eigenvalue weighted by atomic mass is 31.0. The van der Waals surface area contributed by atoms with Gasteiger partial charge in [-0.25, -0.2) is 0 Å². The van der Waals surface area contributed by atoms with Gasteiger partial charge in [-0.2, -0.15) is 0 Å².